The molecule has 6 nitrogen and oxygen atoms in total. The van der Waals surface area contributed by atoms with Gasteiger partial charge in [-0.25, -0.2) is 4.79 Å². The molecule has 0 N–H and O–H groups in total. The van der Waals surface area contributed by atoms with Crippen LogP contribution in [0.2, 0.25) is 0 Å². The van der Waals surface area contributed by atoms with Gasteiger partial charge in [-0.05, 0) is 31.9 Å². The van der Waals surface area contributed by atoms with Crippen LogP contribution in [0, 0.1) is 6.92 Å². The zero-order valence-corrected chi connectivity index (χ0v) is 17.5. The molecule has 2 aromatic carbocycles. The van der Waals surface area contributed by atoms with Crippen LogP contribution in [0.4, 0.5) is 0 Å². The number of carbonyl (C=O) groups excluding carboxylic acids is 1. The Morgan fingerprint density at radius 3 is 2.24 bits per heavy atom. The van der Waals surface area contributed by atoms with Gasteiger partial charge in [0.2, 0.25) is 0 Å². The molecule has 0 unspecified atom stereocenters. The molecule has 0 aromatic heterocycles. The lowest BCUT2D eigenvalue weighted by Crippen LogP contribution is -2.20. The van der Waals surface area contributed by atoms with Crippen LogP contribution in [-0.4, -0.2) is 31.6 Å². The number of allylic oxidation sites excluding steroid dienone is 1. The highest BCUT2D eigenvalue weighted by molar-refractivity contribution is 6.43. The van der Waals surface area contributed by atoms with E-state index in [9.17, 15) is 4.79 Å². The summed E-state index contributed by atoms with van der Waals surface area (Å²) in [5.41, 5.74) is 6.03. The fourth-order valence-corrected chi connectivity index (χ4v) is 2.91. The number of oxime groups is 2. The maximum atomic E-state index is 12.1. The molecule has 0 aliphatic carbocycles. The number of esters is 1. The Labute approximate surface area is 171 Å². The van der Waals surface area contributed by atoms with Gasteiger partial charge in [-0.3, -0.25) is 0 Å². The normalized spacial score (nSPS) is 11.8. The van der Waals surface area contributed by atoms with Crippen LogP contribution in [0.15, 0.2) is 59.4 Å². The monoisotopic (exact) mass is 394 g/mol. The van der Waals surface area contributed by atoms with E-state index in [1.807, 2.05) is 57.2 Å². The molecule has 0 amide bonds. The quantitative estimate of drug-likeness (QED) is 0.376. The molecule has 0 radical (unpaired) electrons. The highest BCUT2D eigenvalue weighted by Gasteiger charge is 2.20. The van der Waals surface area contributed by atoms with Crippen LogP contribution >= 0.6 is 0 Å². The van der Waals surface area contributed by atoms with E-state index < -0.39 is 5.97 Å². The average molecular weight is 394 g/mol. The zero-order chi connectivity index (χ0) is 21.4. The van der Waals surface area contributed by atoms with Crippen molar-refractivity contribution in [1.82, 2.24) is 0 Å². The highest BCUT2D eigenvalue weighted by atomic mass is 16.6. The second-order valence-electron chi connectivity index (χ2n) is 6.49. The zero-order valence-electron chi connectivity index (χ0n) is 17.5. The molecule has 0 aliphatic rings. The molecule has 0 saturated carbocycles. The smallest absolute Gasteiger partial charge is 0.360 e. The third-order valence-electron chi connectivity index (χ3n) is 4.41. The number of nitrogens with zero attached hydrogens (tertiary/aromatic N) is 2. The Kier molecular flexibility index (Phi) is 7.71. The largest absolute Gasteiger partial charge is 0.464 e. The first-order chi connectivity index (χ1) is 13.9. The number of hydrogen-bond acceptors (Lipinski definition) is 6. The van der Waals surface area contributed by atoms with E-state index in [1.165, 1.54) is 14.2 Å². The summed E-state index contributed by atoms with van der Waals surface area (Å²) in [5.74, 6) is -0.589. The molecule has 2 aromatic rings. The average Bonchev–Trinajstić information content (AvgIpc) is 2.72. The molecule has 29 heavy (non-hydrogen) atoms. The van der Waals surface area contributed by atoms with E-state index in [-0.39, 0.29) is 12.3 Å². The van der Waals surface area contributed by atoms with E-state index in [4.69, 9.17) is 14.4 Å². The Morgan fingerprint density at radius 2 is 1.62 bits per heavy atom. The molecule has 6 heteroatoms. The van der Waals surface area contributed by atoms with Gasteiger partial charge >= 0.3 is 5.97 Å². The molecule has 0 spiro atoms. The lowest BCUT2D eigenvalue weighted by molar-refractivity contribution is -0.132. The second-order valence-corrected chi connectivity index (χ2v) is 6.49. The van der Waals surface area contributed by atoms with Gasteiger partial charge in [0.25, 0.3) is 0 Å². The Bertz CT molecular complexity index is 961. The maximum Gasteiger partial charge on any atom is 0.360 e. The molecule has 0 aliphatic heterocycles. The van der Waals surface area contributed by atoms with E-state index in [0.29, 0.717) is 5.56 Å². The van der Waals surface area contributed by atoms with Gasteiger partial charge in [-0.2, -0.15) is 0 Å². The minimum atomic E-state index is -0.589. The molecule has 0 fully saturated rings. The van der Waals surface area contributed by atoms with Crippen LogP contribution in [0.5, 0.6) is 0 Å². The highest BCUT2D eigenvalue weighted by Crippen LogP contribution is 2.20. The molecule has 0 bridgehead atoms. The standard InChI is InChI=1S/C23H26N2O4/c1-15(2)18-11-7-8-12-19(18)17(4)24-29-14-21-16(3)10-9-13-20(21)22(25-28-6)23(26)27-5/h7-13H,1,14H2,2-6H3/b24-17+,25-22+. The number of ether oxygens (including phenoxy) is 1. The van der Waals surface area contributed by atoms with E-state index >= 15 is 0 Å². The van der Waals surface area contributed by atoms with Crippen LogP contribution < -0.4 is 0 Å². The summed E-state index contributed by atoms with van der Waals surface area (Å²) in [5, 5.41) is 8.10. The van der Waals surface area contributed by atoms with Crippen molar-refractivity contribution in [3.63, 3.8) is 0 Å². The van der Waals surface area contributed by atoms with Crippen LogP contribution in [0.25, 0.3) is 5.57 Å². The molecule has 0 saturated heterocycles. The van der Waals surface area contributed by atoms with Crippen LogP contribution in [0.1, 0.15) is 41.7 Å². The summed E-state index contributed by atoms with van der Waals surface area (Å²) in [7, 11) is 2.67. The molecule has 0 atom stereocenters. The summed E-state index contributed by atoms with van der Waals surface area (Å²) in [6, 6.07) is 13.4. The summed E-state index contributed by atoms with van der Waals surface area (Å²) < 4.78 is 4.82. The minimum Gasteiger partial charge on any atom is -0.464 e. The molecule has 0 heterocycles. The fraction of sp³-hybridized carbons (Fsp3) is 0.261. The van der Waals surface area contributed by atoms with Gasteiger partial charge in [0.1, 0.15) is 13.7 Å². The van der Waals surface area contributed by atoms with Crippen molar-refractivity contribution in [1.29, 1.82) is 0 Å². The van der Waals surface area contributed by atoms with E-state index in [2.05, 4.69) is 16.9 Å². The number of methoxy groups -OCH3 is 1. The van der Waals surface area contributed by atoms with Gasteiger partial charge in [-0.1, -0.05) is 64.9 Å². The predicted molar refractivity (Wildman–Crippen MR) is 115 cm³/mol. The van der Waals surface area contributed by atoms with Crippen LogP contribution in [0.3, 0.4) is 0 Å². The molecule has 152 valence electrons. The maximum absolute atomic E-state index is 12.1. The first kappa shape index (κ1) is 21.9. The SMILES string of the molecule is C=C(C)c1ccccc1/C(C)=N/OCc1c(C)cccc1/C(=N\OC)C(=O)OC. The lowest BCUT2D eigenvalue weighted by atomic mass is 9.99. The number of hydrogen-bond donors (Lipinski definition) is 0. The first-order valence-corrected chi connectivity index (χ1v) is 9.10. The van der Waals surface area contributed by atoms with Crippen molar-refractivity contribution < 1.29 is 19.2 Å². The molecule has 2 rings (SSSR count). The van der Waals surface area contributed by atoms with Crippen molar-refractivity contribution in [2.45, 2.75) is 27.4 Å². The van der Waals surface area contributed by atoms with Gasteiger partial charge < -0.3 is 14.4 Å². The van der Waals surface area contributed by atoms with E-state index in [1.54, 1.807) is 6.07 Å². The van der Waals surface area contributed by atoms with Gasteiger partial charge in [-0.15, -0.1) is 0 Å². The minimum absolute atomic E-state index is 0.0747. The van der Waals surface area contributed by atoms with Gasteiger partial charge in [0.15, 0.2) is 5.71 Å². The van der Waals surface area contributed by atoms with Crippen molar-refractivity contribution in [2.75, 3.05) is 14.2 Å². The third-order valence-corrected chi connectivity index (χ3v) is 4.41. The molecular formula is C23H26N2O4. The summed E-state index contributed by atoms with van der Waals surface area (Å²) in [4.78, 5) is 22.6. The molecular weight excluding hydrogens is 368 g/mol. The first-order valence-electron chi connectivity index (χ1n) is 9.10. The van der Waals surface area contributed by atoms with Crippen molar-refractivity contribution in [2.24, 2.45) is 10.3 Å². The Hall–Kier alpha value is -3.41. The topological polar surface area (TPSA) is 69.5 Å². The Morgan fingerprint density at radius 1 is 0.966 bits per heavy atom. The van der Waals surface area contributed by atoms with Gasteiger partial charge in [0, 0.05) is 16.7 Å². The second kappa shape index (κ2) is 10.2. The lowest BCUT2D eigenvalue weighted by Gasteiger charge is -2.13. The summed E-state index contributed by atoms with van der Waals surface area (Å²) in [6.07, 6.45) is 0. The fourth-order valence-electron chi connectivity index (χ4n) is 2.91. The summed E-state index contributed by atoms with van der Waals surface area (Å²) >= 11 is 0. The predicted octanol–water partition coefficient (Wildman–Crippen LogP) is 4.49. The summed E-state index contributed by atoms with van der Waals surface area (Å²) in [6.45, 7) is 9.94. The van der Waals surface area contributed by atoms with Crippen molar-refractivity contribution >= 4 is 23.0 Å². The number of benzene rings is 2. The van der Waals surface area contributed by atoms with Crippen LogP contribution in [-0.2, 0) is 25.8 Å². The van der Waals surface area contributed by atoms with Crippen molar-refractivity contribution in [3.8, 4) is 0 Å². The number of carbonyl (C=O) groups is 1. The van der Waals surface area contributed by atoms with Gasteiger partial charge in [0.05, 0.1) is 12.8 Å². The Balaban J connectivity index is 2.32. The third kappa shape index (κ3) is 5.31. The number of aryl methyl sites for hydroxylation is 1. The van der Waals surface area contributed by atoms with E-state index in [0.717, 1.165) is 33.5 Å². The van der Waals surface area contributed by atoms with Crippen molar-refractivity contribution in [3.05, 3.63) is 76.9 Å². The number of rotatable bonds is 8.